The fourth-order valence-electron chi connectivity index (χ4n) is 4.85. The lowest BCUT2D eigenvalue weighted by Gasteiger charge is -2.48. The van der Waals surface area contributed by atoms with E-state index in [4.69, 9.17) is 0 Å². The summed E-state index contributed by atoms with van der Waals surface area (Å²) in [6, 6.07) is 0. The van der Waals surface area contributed by atoms with Crippen molar-refractivity contribution in [1.82, 2.24) is 0 Å². The molecule has 24 heavy (non-hydrogen) atoms. The van der Waals surface area contributed by atoms with Crippen molar-refractivity contribution >= 4 is 6.29 Å². The molecule has 0 aliphatic heterocycles. The molecule has 1 saturated carbocycles. The molecular weight excluding hydrogens is 304 g/mol. The molecule has 132 valence electrons. The zero-order chi connectivity index (χ0) is 17.5. The Morgan fingerprint density at radius 1 is 1.29 bits per heavy atom. The van der Waals surface area contributed by atoms with E-state index in [1.165, 1.54) is 5.57 Å². The summed E-state index contributed by atoms with van der Waals surface area (Å²) >= 11 is 0. The minimum atomic E-state index is -0.613. The Kier molecular flexibility index (Phi) is 4.58. The summed E-state index contributed by atoms with van der Waals surface area (Å²) in [5.41, 5.74) is 3.33. The highest BCUT2D eigenvalue weighted by atomic mass is 16.3. The third-order valence-electron chi connectivity index (χ3n) is 6.68. The third kappa shape index (κ3) is 2.43. The first-order chi connectivity index (χ1) is 11.4. The number of aliphatic hydroxyl groups excluding tert-OH is 3. The van der Waals surface area contributed by atoms with Crippen LogP contribution in [0.2, 0.25) is 0 Å². The monoisotopic (exact) mass is 332 g/mol. The molecule has 0 aromatic carbocycles. The molecule has 0 bridgehead atoms. The van der Waals surface area contributed by atoms with Crippen molar-refractivity contribution in [2.45, 2.75) is 52.1 Å². The Hall–Kier alpha value is -1.23. The molecule has 0 amide bonds. The third-order valence-corrected chi connectivity index (χ3v) is 6.68. The number of fused-ring (bicyclic) bond motifs is 3. The van der Waals surface area contributed by atoms with Gasteiger partial charge in [0.05, 0.1) is 12.7 Å². The van der Waals surface area contributed by atoms with Gasteiger partial charge in [0.25, 0.3) is 0 Å². The Labute approximate surface area is 143 Å². The van der Waals surface area contributed by atoms with E-state index in [9.17, 15) is 20.1 Å². The zero-order valence-corrected chi connectivity index (χ0v) is 14.6. The summed E-state index contributed by atoms with van der Waals surface area (Å²) in [6.45, 7) is 4.26. The van der Waals surface area contributed by atoms with Gasteiger partial charge in [0.2, 0.25) is 0 Å². The smallest absolute Gasteiger partial charge is 0.146 e. The molecule has 0 radical (unpaired) electrons. The summed E-state index contributed by atoms with van der Waals surface area (Å²) in [7, 11) is 0. The second-order valence-electron chi connectivity index (χ2n) is 8.00. The molecular formula is C20H28O4. The van der Waals surface area contributed by atoms with E-state index < -0.39 is 11.5 Å². The Morgan fingerprint density at radius 3 is 2.67 bits per heavy atom. The Morgan fingerprint density at radius 2 is 2.04 bits per heavy atom. The standard InChI is InChI=1S/C20H28O4/c1-13(10-21)15-5-6-20(12-23)8-7-19(2)16(18(15)20)4-3-14(11-22)9-17(19)24/h3-4,11,13,17,21,23-24H,5-10,12H2,1-2H3/t13-,17+,19-,20-/m1/s1. The van der Waals surface area contributed by atoms with Crippen LogP contribution in [-0.2, 0) is 4.79 Å². The molecule has 0 saturated heterocycles. The number of hydrogen-bond donors (Lipinski definition) is 3. The van der Waals surface area contributed by atoms with Crippen LogP contribution in [0.15, 0.2) is 34.4 Å². The van der Waals surface area contributed by atoms with Crippen LogP contribution in [0.3, 0.4) is 0 Å². The first-order valence-corrected chi connectivity index (χ1v) is 8.92. The number of carbonyl (C=O) groups excluding carboxylic acids is 1. The fraction of sp³-hybridized carbons (Fsp3) is 0.650. The average Bonchev–Trinajstić information content (AvgIpc) is 2.93. The molecule has 0 unspecified atom stereocenters. The summed E-state index contributed by atoms with van der Waals surface area (Å²) in [5.74, 6) is 0.0478. The number of rotatable bonds is 4. The van der Waals surface area contributed by atoms with Crippen LogP contribution in [0.1, 0.15) is 46.0 Å². The molecule has 0 aromatic rings. The number of carbonyl (C=O) groups is 1. The number of aliphatic hydroxyl groups is 3. The van der Waals surface area contributed by atoms with Gasteiger partial charge >= 0.3 is 0 Å². The second kappa shape index (κ2) is 6.25. The highest BCUT2D eigenvalue weighted by molar-refractivity contribution is 5.74. The largest absolute Gasteiger partial charge is 0.396 e. The van der Waals surface area contributed by atoms with Gasteiger partial charge in [0.15, 0.2) is 0 Å². The fourth-order valence-corrected chi connectivity index (χ4v) is 4.85. The van der Waals surface area contributed by atoms with E-state index in [-0.39, 0.29) is 24.5 Å². The van der Waals surface area contributed by atoms with Crippen LogP contribution in [-0.4, -0.2) is 40.9 Å². The molecule has 0 heterocycles. The number of aldehydes is 1. The highest BCUT2D eigenvalue weighted by Crippen LogP contribution is 2.61. The van der Waals surface area contributed by atoms with E-state index in [0.717, 1.165) is 43.1 Å². The van der Waals surface area contributed by atoms with E-state index in [1.54, 1.807) is 0 Å². The van der Waals surface area contributed by atoms with Crippen LogP contribution in [0.25, 0.3) is 0 Å². The maximum absolute atomic E-state index is 11.2. The van der Waals surface area contributed by atoms with Crippen LogP contribution in [0, 0.1) is 16.7 Å². The average molecular weight is 332 g/mol. The van der Waals surface area contributed by atoms with Gasteiger partial charge < -0.3 is 15.3 Å². The van der Waals surface area contributed by atoms with Gasteiger partial charge in [-0.25, -0.2) is 0 Å². The van der Waals surface area contributed by atoms with E-state index >= 15 is 0 Å². The molecule has 0 spiro atoms. The van der Waals surface area contributed by atoms with Crippen molar-refractivity contribution in [3.63, 3.8) is 0 Å². The molecule has 3 aliphatic carbocycles. The molecule has 4 atom stereocenters. The molecule has 4 heteroatoms. The normalized spacial score (nSPS) is 37.1. The summed E-state index contributed by atoms with van der Waals surface area (Å²) in [5, 5.41) is 30.7. The number of allylic oxidation sites excluding steroid dienone is 2. The van der Waals surface area contributed by atoms with Gasteiger partial charge in [-0.1, -0.05) is 31.6 Å². The van der Waals surface area contributed by atoms with Crippen molar-refractivity contribution in [2.24, 2.45) is 16.7 Å². The summed E-state index contributed by atoms with van der Waals surface area (Å²) in [4.78, 5) is 11.2. The van der Waals surface area contributed by atoms with Gasteiger partial charge in [-0.05, 0) is 42.4 Å². The first-order valence-electron chi connectivity index (χ1n) is 8.92. The van der Waals surface area contributed by atoms with Crippen molar-refractivity contribution in [3.8, 4) is 0 Å². The predicted molar refractivity (Wildman–Crippen MR) is 92.2 cm³/mol. The lowest BCUT2D eigenvalue weighted by molar-refractivity contribution is -0.105. The van der Waals surface area contributed by atoms with Crippen molar-refractivity contribution < 1.29 is 20.1 Å². The number of hydrogen-bond acceptors (Lipinski definition) is 4. The van der Waals surface area contributed by atoms with Crippen LogP contribution in [0.5, 0.6) is 0 Å². The molecule has 3 N–H and O–H groups in total. The summed E-state index contributed by atoms with van der Waals surface area (Å²) in [6.07, 6.45) is 7.78. The van der Waals surface area contributed by atoms with Gasteiger partial charge in [0.1, 0.15) is 6.29 Å². The SMILES string of the molecule is C[C@H](CO)C1=C2C3=CC=C(C=O)C[C@H](O)[C@]3(C)CC[C@@]2(CO)CC1. The van der Waals surface area contributed by atoms with E-state index in [1.807, 2.05) is 19.1 Å². The van der Waals surface area contributed by atoms with Crippen molar-refractivity contribution in [2.75, 3.05) is 13.2 Å². The van der Waals surface area contributed by atoms with Crippen LogP contribution < -0.4 is 0 Å². The van der Waals surface area contributed by atoms with Gasteiger partial charge in [-0.2, -0.15) is 0 Å². The van der Waals surface area contributed by atoms with Crippen LogP contribution >= 0.6 is 0 Å². The lowest BCUT2D eigenvalue weighted by Crippen LogP contribution is -2.44. The minimum Gasteiger partial charge on any atom is -0.396 e. The molecule has 3 aliphatic rings. The van der Waals surface area contributed by atoms with Gasteiger partial charge in [0, 0.05) is 29.8 Å². The quantitative estimate of drug-likeness (QED) is 0.690. The van der Waals surface area contributed by atoms with E-state index in [2.05, 4.69) is 6.92 Å². The lowest BCUT2D eigenvalue weighted by atomic mass is 9.57. The summed E-state index contributed by atoms with van der Waals surface area (Å²) < 4.78 is 0. The predicted octanol–water partition coefficient (Wildman–Crippen LogP) is 2.30. The van der Waals surface area contributed by atoms with Gasteiger partial charge in [-0.3, -0.25) is 4.79 Å². The highest BCUT2D eigenvalue weighted by Gasteiger charge is 2.53. The Balaban J connectivity index is 2.20. The molecule has 0 aromatic heterocycles. The minimum absolute atomic E-state index is 0.0478. The maximum atomic E-state index is 11.2. The Bertz CT molecular complexity index is 630. The molecule has 1 fully saturated rings. The topological polar surface area (TPSA) is 77.8 Å². The second-order valence-corrected chi connectivity index (χ2v) is 8.00. The van der Waals surface area contributed by atoms with Crippen molar-refractivity contribution in [3.05, 3.63) is 34.4 Å². The first kappa shape index (κ1) is 17.6. The maximum Gasteiger partial charge on any atom is 0.146 e. The van der Waals surface area contributed by atoms with Crippen molar-refractivity contribution in [1.29, 1.82) is 0 Å². The molecule has 4 nitrogen and oxygen atoms in total. The van der Waals surface area contributed by atoms with Crippen LogP contribution in [0.4, 0.5) is 0 Å². The molecule has 3 rings (SSSR count). The van der Waals surface area contributed by atoms with E-state index in [0.29, 0.717) is 12.0 Å². The zero-order valence-electron chi connectivity index (χ0n) is 14.6. The van der Waals surface area contributed by atoms with Gasteiger partial charge in [-0.15, -0.1) is 0 Å².